The van der Waals surface area contributed by atoms with Crippen LogP contribution in [0.3, 0.4) is 0 Å². The largest absolute Gasteiger partial charge is 0.491 e. The first kappa shape index (κ1) is 20.2. The van der Waals surface area contributed by atoms with Gasteiger partial charge in [0.15, 0.2) is 0 Å². The fourth-order valence-corrected chi connectivity index (χ4v) is 5.24. The molecule has 1 saturated heterocycles. The maximum Gasteiger partial charge on any atom is 0.261 e. The summed E-state index contributed by atoms with van der Waals surface area (Å²) >= 11 is 0. The molecule has 0 spiro atoms. The maximum absolute atomic E-state index is 12.5. The van der Waals surface area contributed by atoms with Gasteiger partial charge in [-0.05, 0) is 62.4 Å². The van der Waals surface area contributed by atoms with Crippen LogP contribution >= 0.6 is 0 Å². The zero-order chi connectivity index (χ0) is 20.5. The first-order valence-electron chi connectivity index (χ1n) is 8.54. The summed E-state index contributed by atoms with van der Waals surface area (Å²) in [6.07, 6.45) is -0.0761. The van der Waals surface area contributed by atoms with Crippen molar-refractivity contribution in [1.29, 1.82) is 0 Å². The van der Waals surface area contributed by atoms with Gasteiger partial charge in [-0.1, -0.05) is 0 Å². The van der Waals surface area contributed by atoms with E-state index in [1.165, 1.54) is 24.3 Å². The van der Waals surface area contributed by atoms with Gasteiger partial charge in [-0.15, -0.1) is 0 Å². The lowest BCUT2D eigenvalue weighted by atomic mass is 10.3. The van der Waals surface area contributed by atoms with Crippen molar-refractivity contribution in [2.24, 2.45) is 0 Å². The molecule has 10 heteroatoms. The Labute approximate surface area is 164 Å². The SMILES string of the molecule is CC(C)Oc1ccc(NS(=O)(=O)c2ccc(N3C(=O)CCS3(=O)=O)cc2)cc1. The number of carbonyl (C=O) groups is 1. The number of anilines is 2. The van der Waals surface area contributed by atoms with E-state index in [1.807, 2.05) is 13.8 Å². The molecule has 150 valence electrons. The third-order valence-electron chi connectivity index (χ3n) is 3.94. The minimum absolute atomic E-state index is 0.00681. The minimum Gasteiger partial charge on any atom is -0.491 e. The van der Waals surface area contributed by atoms with Crippen LogP contribution in [0.25, 0.3) is 0 Å². The van der Waals surface area contributed by atoms with Gasteiger partial charge >= 0.3 is 0 Å². The Balaban J connectivity index is 1.78. The van der Waals surface area contributed by atoms with Gasteiger partial charge in [0.1, 0.15) is 5.75 Å². The van der Waals surface area contributed by atoms with Crippen LogP contribution in [0.15, 0.2) is 53.4 Å². The number of ether oxygens (including phenoxy) is 1. The number of nitrogens with one attached hydrogen (secondary N) is 1. The highest BCUT2D eigenvalue weighted by Gasteiger charge is 2.36. The fourth-order valence-electron chi connectivity index (χ4n) is 2.72. The van der Waals surface area contributed by atoms with Crippen molar-refractivity contribution in [1.82, 2.24) is 0 Å². The Morgan fingerprint density at radius 2 is 1.64 bits per heavy atom. The van der Waals surface area contributed by atoms with Gasteiger partial charge in [0.25, 0.3) is 10.0 Å². The molecule has 1 aliphatic heterocycles. The molecule has 1 aliphatic rings. The van der Waals surface area contributed by atoms with E-state index in [0.29, 0.717) is 15.7 Å². The second-order valence-corrected chi connectivity index (χ2v) is 10.1. The second kappa shape index (κ2) is 7.44. The predicted molar refractivity (Wildman–Crippen MR) is 105 cm³/mol. The molecule has 1 fully saturated rings. The molecule has 0 aromatic heterocycles. The number of carbonyl (C=O) groups excluding carboxylic acids is 1. The Morgan fingerprint density at radius 1 is 1.04 bits per heavy atom. The zero-order valence-electron chi connectivity index (χ0n) is 15.3. The van der Waals surface area contributed by atoms with E-state index < -0.39 is 26.0 Å². The summed E-state index contributed by atoms with van der Waals surface area (Å²) in [5.41, 5.74) is 0.481. The molecule has 0 saturated carbocycles. The smallest absolute Gasteiger partial charge is 0.261 e. The van der Waals surface area contributed by atoms with E-state index in [4.69, 9.17) is 4.74 Å². The first-order chi connectivity index (χ1) is 13.1. The van der Waals surface area contributed by atoms with Crippen LogP contribution in [0.2, 0.25) is 0 Å². The average molecular weight is 425 g/mol. The highest BCUT2D eigenvalue weighted by Crippen LogP contribution is 2.27. The highest BCUT2D eigenvalue weighted by atomic mass is 32.2. The minimum atomic E-state index is -3.88. The van der Waals surface area contributed by atoms with Crippen LogP contribution in [0.4, 0.5) is 11.4 Å². The summed E-state index contributed by atoms with van der Waals surface area (Å²) in [5, 5.41) is 0. The number of nitrogens with zero attached hydrogens (tertiary/aromatic N) is 1. The fraction of sp³-hybridized carbons (Fsp3) is 0.278. The van der Waals surface area contributed by atoms with Gasteiger partial charge in [-0.2, -0.15) is 0 Å². The Kier molecular flexibility index (Phi) is 5.35. The molecule has 0 radical (unpaired) electrons. The third kappa shape index (κ3) is 4.28. The molecule has 1 N–H and O–H groups in total. The third-order valence-corrected chi connectivity index (χ3v) is 7.03. The van der Waals surface area contributed by atoms with Crippen molar-refractivity contribution < 1.29 is 26.4 Å². The zero-order valence-corrected chi connectivity index (χ0v) is 17.0. The normalized spacial score (nSPS) is 16.4. The van der Waals surface area contributed by atoms with E-state index >= 15 is 0 Å². The van der Waals surface area contributed by atoms with Crippen molar-refractivity contribution in [3.63, 3.8) is 0 Å². The number of hydrogen-bond donors (Lipinski definition) is 1. The first-order valence-corrected chi connectivity index (χ1v) is 11.6. The van der Waals surface area contributed by atoms with Crippen molar-refractivity contribution in [2.75, 3.05) is 14.8 Å². The number of rotatable bonds is 6. The molecule has 8 nitrogen and oxygen atoms in total. The number of hydrogen-bond acceptors (Lipinski definition) is 6. The Morgan fingerprint density at radius 3 is 2.14 bits per heavy atom. The summed E-state index contributed by atoms with van der Waals surface area (Å²) in [7, 11) is -7.57. The van der Waals surface area contributed by atoms with Crippen LogP contribution in [-0.2, 0) is 24.8 Å². The average Bonchev–Trinajstić information content (AvgIpc) is 2.89. The van der Waals surface area contributed by atoms with Gasteiger partial charge in [-0.25, -0.2) is 21.1 Å². The molecule has 2 aromatic carbocycles. The van der Waals surface area contributed by atoms with Gasteiger partial charge in [-0.3, -0.25) is 9.52 Å². The van der Waals surface area contributed by atoms with E-state index in [9.17, 15) is 21.6 Å². The second-order valence-electron chi connectivity index (χ2n) is 6.51. The van der Waals surface area contributed by atoms with Crippen LogP contribution < -0.4 is 13.8 Å². The van der Waals surface area contributed by atoms with Gasteiger partial charge in [0.05, 0.1) is 22.4 Å². The van der Waals surface area contributed by atoms with Gasteiger partial charge < -0.3 is 4.74 Å². The summed E-state index contributed by atoms with van der Waals surface area (Å²) in [6.45, 7) is 3.78. The van der Waals surface area contributed by atoms with Crippen molar-refractivity contribution >= 4 is 37.3 Å². The molecule has 0 unspecified atom stereocenters. The molecule has 0 atom stereocenters. The molecule has 28 heavy (non-hydrogen) atoms. The molecular weight excluding hydrogens is 404 g/mol. The number of sulfonamides is 2. The predicted octanol–water partition coefficient (Wildman–Crippen LogP) is 2.34. The lowest BCUT2D eigenvalue weighted by molar-refractivity contribution is -0.116. The summed E-state index contributed by atoms with van der Waals surface area (Å²) in [5.74, 6) is -0.152. The van der Waals surface area contributed by atoms with Gasteiger partial charge in [0.2, 0.25) is 15.9 Å². The van der Waals surface area contributed by atoms with Gasteiger partial charge in [0, 0.05) is 12.1 Å². The Bertz CT molecular complexity index is 1080. The number of amides is 1. The molecule has 2 aromatic rings. The van der Waals surface area contributed by atoms with E-state index in [0.717, 1.165) is 0 Å². The molecule has 1 heterocycles. The number of benzene rings is 2. The Hall–Kier alpha value is -2.59. The lowest BCUT2D eigenvalue weighted by Crippen LogP contribution is -2.29. The van der Waals surface area contributed by atoms with Crippen molar-refractivity contribution in [3.05, 3.63) is 48.5 Å². The standard InChI is InChI=1S/C18H20N2O6S2/c1-13(2)26-16-7-3-14(4-8-16)19-28(24,25)17-9-5-15(6-10-17)20-18(21)11-12-27(20,22)23/h3-10,13,19H,11-12H2,1-2H3. The quantitative estimate of drug-likeness (QED) is 0.762. The van der Waals surface area contributed by atoms with Crippen molar-refractivity contribution in [2.45, 2.75) is 31.3 Å². The highest BCUT2D eigenvalue weighted by molar-refractivity contribution is 7.94. The summed E-state index contributed by atoms with van der Waals surface area (Å²) in [4.78, 5) is 11.8. The lowest BCUT2D eigenvalue weighted by Gasteiger charge is -2.15. The molecule has 0 bridgehead atoms. The van der Waals surface area contributed by atoms with E-state index in [-0.39, 0.29) is 28.9 Å². The van der Waals surface area contributed by atoms with Crippen LogP contribution in [0, 0.1) is 0 Å². The molecule has 3 rings (SSSR count). The van der Waals surface area contributed by atoms with Crippen LogP contribution in [-0.4, -0.2) is 34.6 Å². The van der Waals surface area contributed by atoms with E-state index in [2.05, 4.69) is 4.72 Å². The van der Waals surface area contributed by atoms with E-state index in [1.54, 1.807) is 24.3 Å². The molecule has 1 amide bonds. The maximum atomic E-state index is 12.5. The topological polar surface area (TPSA) is 110 Å². The van der Waals surface area contributed by atoms with Crippen LogP contribution in [0.1, 0.15) is 20.3 Å². The summed E-state index contributed by atoms with van der Waals surface area (Å²) < 4.78 is 57.7. The monoisotopic (exact) mass is 424 g/mol. The molecular formula is C18H20N2O6S2. The van der Waals surface area contributed by atoms with Crippen LogP contribution in [0.5, 0.6) is 5.75 Å². The summed E-state index contributed by atoms with van der Waals surface area (Å²) in [6, 6.07) is 11.6. The molecule has 0 aliphatic carbocycles. The van der Waals surface area contributed by atoms with Crippen molar-refractivity contribution in [3.8, 4) is 5.75 Å².